The zero-order valence-electron chi connectivity index (χ0n) is 10.4. The molecular weight excluding hydrogens is 258 g/mol. The fraction of sp³-hybridized carbons (Fsp3) is 0.700. The molecule has 0 aliphatic heterocycles. The van der Waals surface area contributed by atoms with Crippen LogP contribution in [0.2, 0.25) is 0 Å². The van der Waals surface area contributed by atoms with E-state index in [2.05, 4.69) is 9.71 Å². The molecule has 0 atom stereocenters. The summed E-state index contributed by atoms with van der Waals surface area (Å²) in [7, 11) is -3.47. The van der Waals surface area contributed by atoms with Crippen LogP contribution in [0.5, 0.6) is 0 Å². The summed E-state index contributed by atoms with van der Waals surface area (Å²) in [5.74, 6) is 0. The van der Waals surface area contributed by atoms with E-state index in [-0.39, 0.29) is 10.8 Å². The van der Waals surface area contributed by atoms with Crippen LogP contribution in [0.4, 0.5) is 0 Å². The van der Waals surface area contributed by atoms with Crippen LogP contribution in [0, 0.1) is 6.92 Å². The maximum absolute atomic E-state index is 11.9. The van der Waals surface area contributed by atoms with Crippen molar-refractivity contribution < 1.29 is 8.42 Å². The second kappa shape index (κ2) is 5.43. The molecule has 1 rings (SSSR count). The molecule has 1 heterocycles. The van der Waals surface area contributed by atoms with E-state index in [0.29, 0.717) is 0 Å². The third kappa shape index (κ3) is 3.74. The third-order valence-electron chi connectivity index (χ3n) is 2.89. The Labute approximate surface area is 106 Å². The molecule has 0 aliphatic carbocycles. The molecule has 0 fully saturated rings. The van der Waals surface area contributed by atoms with Gasteiger partial charge in [0.1, 0.15) is 0 Å². The fourth-order valence-electron chi connectivity index (χ4n) is 1.28. The standard InChI is InChI=1S/C10H19N3O2S2/c1-4-10(11,5-2)7-13-17(14,15)9-6-12-8(3)16-9/h6,13H,4-5,7,11H2,1-3H3. The Balaban J connectivity index is 2.75. The third-order valence-corrected chi connectivity index (χ3v) is 5.66. The number of rotatable bonds is 6. The summed E-state index contributed by atoms with van der Waals surface area (Å²) < 4.78 is 26.6. The van der Waals surface area contributed by atoms with Crippen molar-refractivity contribution in [1.82, 2.24) is 9.71 Å². The minimum Gasteiger partial charge on any atom is -0.324 e. The summed E-state index contributed by atoms with van der Waals surface area (Å²) >= 11 is 1.16. The lowest BCUT2D eigenvalue weighted by molar-refractivity contribution is 0.392. The van der Waals surface area contributed by atoms with Crippen molar-refractivity contribution in [3.8, 4) is 0 Å². The van der Waals surface area contributed by atoms with E-state index >= 15 is 0 Å². The normalized spacial score (nSPS) is 12.9. The molecule has 0 radical (unpaired) electrons. The number of sulfonamides is 1. The summed E-state index contributed by atoms with van der Waals surface area (Å²) in [6.07, 6.45) is 2.83. The van der Waals surface area contributed by atoms with Gasteiger partial charge in [0.25, 0.3) is 10.0 Å². The van der Waals surface area contributed by atoms with Gasteiger partial charge in [-0.3, -0.25) is 0 Å². The number of aryl methyl sites for hydroxylation is 1. The van der Waals surface area contributed by atoms with Crippen LogP contribution in [0.25, 0.3) is 0 Å². The summed E-state index contributed by atoms with van der Waals surface area (Å²) in [6.45, 7) is 5.93. The first-order chi connectivity index (χ1) is 7.83. The molecule has 1 aromatic rings. The molecule has 0 bridgehead atoms. The van der Waals surface area contributed by atoms with Gasteiger partial charge in [-0.15, -0.1) is 11.3 Å². The van der Waals surface area contributed by atoms with Crippen LogP contribution in [-0.2, 0) is 10.0 Å². The highest BCUT2D eigenvalue weighted by Gasteiger charge is 2.24. The smallest absolute Gasteiger partial charge is 0.251 e. The van der Waals surface area contributed by atoms with Crippen LogP contribution < -0.4 is 10.5 Å². The maximum atomic E-state index is 11.9. The molecular formula is C10H19N3O2S2. The number of nitrogens with one attached hydrogen (secondary N) is 1. The molecule has 1 aromatic heterocycles. The average Bonchev–Trinajstić information content (AvgIpc) is 2.74. The van der Waals surface area contributed by atoms with Crippen molar-refractivity contribution >= 4 is 21.4 Å². The average molecular weight is 277 g/mol. The second-order valence-electron chi connectivity index (χ2n) is 4.09. The van der Waals surface area contributed by atoms with Gasteiger partial charge >= 0.3 is 0 Å². The lowest BCUT2D eigenvalue weighted by Gasteiger charge is -2.26. The number of nitrogens with two attached hydrogens (primary N) is 1. The van der Waals surface area contributed by atoms with E-state index in [4.69, 9.17) is 5.73 Å². The predicted octanol–water partition coefficient (Wildman–Crippen LogP) is 1.25. The molecule has 98 valence electrons. The van der Waals surface area contributed by atoms with Gasteiger partial charge in [-0.05, 0) is 19.8 Å². The Bertz CT molecular complexity index is 464. The van der Waals surface area contributed by atoms with Crippen LogP contribution in [0.1, 0.15) is 31.7 Å². The first kappa shape index (κ1) is 14.6. The minimum atomic E-state index is -3.47. The quantitative estimate of drug-likeness (QED) is 0.819. The second-order valence-corrected chi connectivity index (χ2v) is 7.32. The molecule has 3 N–H and O–H groups in total. The SMILES string of the molecule is CCC(N)(CC)CNS(=O)(=O)c1cnc(C)s1. The Morgan fingerprint density at radius 3 is 2.47 bits per heavy atom. The first-order valence-electron chi connectivity index (χ1n) is 5.54. The topological polar surface area (TPSA) is 85.1 Å². The monoisotopic (exact) mass is 277 g/mol. The van der Waals surface area contributed by atoms with Gasteiger partial charge in [-0.1, -0.05) is 13.8 Å². The lowest BCUT2D eigenvalue weighted by Crippen LogP contribution is -2.49. The van der Waals surface area contributed by atoms with Gasteiger partial charge in [-0.2, -0.15) is 0 Å². The molecule has 0 saturated carbocycles. The van der Waals surface area contributed by atoms with Crippen molar-refractivity contribution in [3.05, 3.63) is 11.2 Å². The molecule has 7 heteroatoms. The van der Waals surface area contributed by atoms with Gasteiger partial charge in [0.05, 0.1) is 11.2 Å². The molecule has 0 saturated heterocycles. The minimum absolute atomic E-state index is 0.240. The number of hydrogen-bond donors (Lipinski definition) is 2. The first-order valence-corrected chi connectivity index (χ1v) is 7.84. The van der Waals surface area contributed by atoms with Gasteiger partial charge in [0, 0.05) is 12.1 Å². The number of hydrogen-bond acceptors (Lipinski definition) is 5. The highest BCUT2D eigenvalue weighted by molar-refractivity contribution is 7.91. The van der Waals surface area contributed by atoms with Crippen molar-refractivity contribution in [2.75, 3.05) is 6.54 Å². The Kier molecular flexibility index (Phi) is 4.65. The lowest BCUT2D eigenvalue weighted by atomic mass is 9.95. The van der Waals surface area contributed by atoms with E-state index < -0.39 is 15.6 Å². The maximum Gasteiger partial charge on any atom is 0.251 e. The van der Waals surface area contributed by atoms with Crippen molar-refractivity contribution in [1.29, 1.82) is 0 Å². The Hall–Kier alpha value is -0.500. The molecule has 0 unspecified atom stereocenters. The predicted molar refractivity (Wildman–Crippen MR) is 69.5 cm³/mol. The fourth-order valence-corrected chi connectivity index (χ4v) is 3.57. The zero-order valence-corrected chi connectivity index (χ0v) is 12.0. The van der Waals surface area contributed by atoms with Gasteiger partial charge < -0.3 is 5.73 Å². The van der Waals surface area contributed by atoms with Crippen molar-refractivity contribution in [2.45, 2.75) is 43.4 Å². The van der Waals surface area contributed by atoms with Crippen LogP contribution in [0.3, 0.4) is 0 Å². The van der Waals surface area contributed by atoms with Crippen molar-refractivity contribution in [3.63, 3.8) is 0 Å². The van der Waals surface area contributed by atoms with Crippen LogP contribution >= 0.6 is 11.3 Å². The Morgan fingerprint density at radius 2 is 2.06 bits per heavy atom. The number of aromatic nitrogens is 1. The summed E-state index contributed by atoms with van der Waals surface area (Å²) in [4.78, 5) is 3.94. The van der Waals surface area contributed by atoms with Gasteiger partial charge in [-0.25, -0.2) is 18.1 Å². The van der Waals surface area contributed by atoms with E-state index in [0.717, 1.165) is 29.2 Å². The van der Waals surface area contributed by atoms with Crippen molar-refractivity contribution in [2.24, 2.45) is 5.73 Å². The van der Waals surface area contributed by atoms with Gasteiger partial charge in [0.2, 0.25) is 0 Å². The number of thiazole rings is 1. The largest absolute Gasteiger partial charge is 0.324 e. The van der Waals surface area contributed by atoms with E-state index in [1.807, 2.05) is 13.8 Å². The molecule has 0 spiro atoms. The highest BCUT2D eigenvalue weighted by Crippen LogP contribution is 2.18. The van der Waals surface area contributed by atoms with E-state index in [9.17, 15) is 8.42 Å². The summed E-state index contributed by atoms with van der Waals surface area (Å²) in [5.41, 5.74) is 5.57. The van der Waals surface area contributed by atoms with Crippen LogP contribution in [-0.4, -0.2) is 25.5 Å². The van der Waals surface area contributed by atoms with E-state index in [1.54, 1.807) is 6.92 Å². The molecule has 0 aromatic carbocycles. The van der Waals surface area contributed by atoms with Crippen LogP contribution in [0.15, 0.2) is 10.4 Å². The number of nitrogens with zero attached hydrogens (tertiary/aromatic N) is 1. The highest BCUT2D eigenvalue weighted by atomic mass is 32.2. The molecule has 5 nitrogen and oxygen atoms in total. The summed E-state index contributed by atoms with van der Waals surface area (Å²) in [5, 5.41) is 0.732. The zero-order chi connectivity index (χ0) is 13.1. The van der Waals surface area contributed by atoms with Gasteiger partial charge in [0.15, 0.2) is 4.21 Å². The summed E-state index contributed by atoms with van der Waals surface area (Å²) in [6, 6.07) is 0. The van der Waals surface area contributed by atoms with E-state index in [1.165, 1.54) is 6.20 Å². The molecule has 0 amide bonds. The molecule has 0 aliphatic rings. The molecule has 17 heavy (non-hydrogen) atoms. The Morgan fingerprint density at radius 1 is 1.47 bits per heavy atom.